The van der Waals surface area contributed by atoms with Crippen LogP contribution < -0.4 is 14.7 Å². The first-order chi connectivity index (χ1) is 13.8. The van der Waals surface area contributed by atoms with E-state index in [1.54, 1.807) is 6.33 Å². The second-order valence-corrected chi connectivity index (χ2v) is 7.25. The van der Waals surface area contributed by atoms with E-state index in [-0.39, 0.29) is 0 Å². The minimum absolute atomic E-state index is 0.372. The fraction of sp³-hybridized carbons (Fsp3) is 0.474. The van der Waals surface area contributed by atoms with Gasteiger partial charge in [-0.1, -0.05) is 0 Å². The molecular weight excluding hydrogens is 356 g/mol. The van der Waals surface area contributed by atoms with Crippen LogP contribution in [0.15, 0.2) is 30.9 Å². The quantitative estimate of drug-likeness (QED) is 0.725. The highest BCUT2D eigenvalue weighted by atomic mass is 16.5. The number of anilines is 3. The second-order valence-electron chi connectivity index (χ2n) is 7.25. The summed E-state index contributed by atoms with van der Waals surface area (Å²) in [5, 5.41) is 1.07. The van der Waals surface area contributed by atoms with Gasteiger partial charge in [-0.25, -0.2) is 15.0 Å². The van der Waals surface area contributed by atoms with Gasteiger partial charge in [0.05, 0.1) is 18.6 Å². The summed E-state index contributed by atoms with van der Waals surface area (Å²) in [6.45, 7) is 5.01. The van der Waals surface area contributed by atoms with Crippen molar-refractivity contribution in [3.8, 4) is 0 Å². The number of fused-ring (bicyclic) bond motifs is 1. The Morgan fingerprint density at radius 2 is 2.00 bits per heavy atom. The number of hydrogen-bond acceptors (Lipinski definition) is 8. The maximum Gasteiger partial charge on any atom is 0.227 e. The summed E-state index contributed by atoms with van der Waals surface area (Å²) < 4.78 is 5.43. The molecule has 3 aromatic rings. The Kier molecular flexibility index (Phi) is 4.44. The smallest absolute Gasteiger partial charge is 0.227 e. The maximum atomic E-state index is 5.43. The minimum atomic E-state index is 0.372. The molecule has 28 heavy (non-hydrogen) atoms. The van der Waals surface area contributed by atoms with Crippen LogP contribution in [0.1, 0.15) is 6.42 Å². The van der Waals surface area contributed by atoms with E-state index in [1.165, 1.54) is 0 Å². The Morgan fingerprint density at radius 1 is 1.11 bits per heavy atom. The van der Waals surface area contributed by atoms with Crippen LogP contribution in [0, 0.1) is 0 Å². The van der Waals surface area contributed by atoms with E-state index in [2.05, 4.69) is 41.7 Å². The van der Waals surface area contributed by atoms with E-state index in [9.17, 15) is 0 Å². The number of H-pyrrole nitrogens is 1. The van der Waals surface area contributed by atoms with Crippen LogP contribution in [-0.4, -0.2) is 77.4 Å². The molecule has 3 aromatic heterocycles. The molecular formula is C19H24N8O. The van der Waals surface area contributed by atoms with Crippen molar-refractivity contribution >= 4 is 28.6 Å². The molecule has 0 spiro atoms. The Hall–Kier alpha value is -2.94. The molecule has 1 N–H and O–H groups in total. The summed E-state index contributed by atoms with van der Waals surface area (Å²) in [7, 11) is 2.12. The molecule has 2 fully saturated rings. The number of aromatic nitrogens is 5. The number of likely N-dealkylation sites (N-methyl/N-ethyl adjacent to an activating group) is 1. The predicted octanol–water partition coefficient (Wildman–Crippen LogP) is 1.30. The molecule has 0 aromatic carbocycles. The van der Waals surface area contributed by atoms with Crippen LogP contribution >= 0.6 is 0 Å². The van der Waals surface area contributed by atoms with Gasteiger partial charge in [-0.15, -0.1) is 0 Å². The Labute approximate surface area is 163 Å². The van der Waals surface area contributed by atoms with Crippen molar-refractivity contribution in [3.05, 3.63) is 30.9 Å². The lowest BCUT2D eigenvalue weighted by molar-refractivity contribution is 0.122. The minimum Gasteiger partial charge on any atom is -0.378 e. The number of rotatable bonds is 4. The molecule has 5 heterocycles. The molecule has 0 aliphatic carbocycles. The summed E-state index contributed by atoms with van der Waals surface area (Å²) in [4.78, 5) is 28.1. The van der Waals surface area contributed by atoms with Gasteiger partial charge >= 0.3 is 0 Å². The van der Waals surface area contributed by atoms with Crippen LogP contribution in [0.4, 0.5) is 17.6 Å². The highest BCUT2D eigenvalue weighted by Crippen LogP contribution is 2.28. The third-order valence-corrected chi connectivity index (χ3v) is 5.63. The van der Waals surface area contributed by atoms with Gasteiger partial charge in [-0.2, -0.15) is 4.98 Å². The molecule has 9 nitrogen and oxygen atoms in total. The van der Waals surface area contributed by atoms with E-state index >= 15 is 0 Å². The lowest BCUT2D eigenvalue weighted by atomic mass is 10.2. The number of ether oxygens (including phenoxy) is 1. The van der Waals surface area contributed by atoms with E-state index in [1.807, 2.05) is 24.5 Å². The molecule has 0 radical (unpaired) electrons. The topological polar surface area (TPSA) is 86.3 Å². The Bertz CT molecular complexity index is 954. The molecule has 9 heteroatoms. The first-order valence-electron chi connectivity index (χ1n) is 9.71. The number of hydrogen-bond donors (Lipinski definition) is 1. The number of nitrogens with zero attached hydrogens (tertiary/aromatic N) is 7. The molecule has 1 atom stereocenters. The summed E-state index contributed by atoms with van der Waals surface area (Å²) in [6.07, 6.45) is 6.45. The highest BCUT2D eigenvalue weighted by molar-refractivity contribution is 5.87. The molecule has 2 aliphatic heterocycles. The van der Waals surface area contributed by atoms with Gasteiger partial charge in [0.1, 0.15) is 23.6 Å². The fourth-order valence-electron chi connectivity index (χ4n) is 4.00. The van der Waals surface area contributed by atoms with Gasteiger partial charge in [0.15, 0.2) is 0 Å². The highest BCUT2D eigenvalue weighted by Gasteiger charge is 2.29. The zero-order chi connectivity index (χ0) is 18.9. The molecule has 2 aliphatic rings. The summed E-state index contributed by atoms with van der Waals surface area (Å²) >= 11 is 0. The average molecular weight is 380 g/mol. The zero-order valence-electron chi connectivity index (χ0n) is 16.0. The van der Waals surface area contributed by atoms with Gasteiger partial charge in [-0.3, -0.25) is 0 Å². The fourth-order valence-corrected chi connectivity index (χ4v) is 4.00. The third kappa shape index (κ3) is 3.11. The summed E-state index contributed by atoms with van der Waals surface area (Å²) in [6, 6.07) is 4.40. The van der Waals surface area contributed by atoms with Crippen molar-refractivity contribution in [3.63, 3.8) is 0 Å². The van der Waals surface area contributed by atoms with E-state index < -0.39 is 0 Å². The lowest BCUT2D eigenvalue weighted by Gasteiger charge is -2.29. The van der Waals surface area contributed by atoms with Crippen molar-refractivity contribution in [1.82, 2.24) is 24.9 Å². The molecule has 2 saturated heterocycles. The van der Waals surface area contributed by atoms with Crippen molar-refractivity contribution in [2.45, 2.75) is 12.5 Å². The Morgan fingerprint density at radius 3 is 2.89 bits per heavy atom. The van der Waals surface area contributed by atoms with E-state index in [4.69, 9.17) is 9.72 Å². The van der Waals surface area contributed by atoms with E-state index in [0.717, 1.165) is 74.4 Å². The normalized spacial score (nSPS) is 20.1. The zero-order valence-corrected chi connectivity index (χ0v) is 16.0. The maximum absolute atomic E-state index is 5.43. The lowest BCUT2D eigenvalue weighted by Crippen LogP contribution is -2.38. The van der Waals surface area contributed by atoms with Crippen molar-refractivity contribution in [1.29, 1.82) is 0 Å². The predicted molar refractivity (Wildman–Crippen MR) is 108 cm³/mol. The number of aromatic amines is 1. The first-order valence-corrected chi connectivity index (χ1v) is 9.71. The van der Waals surface area contributed by atoms with Gasteiger partial charge in [-0.05, 0) is 18.6 Å². The number of nitrogens with one attached hydrogen (secondary N) is 1. The molecule has 0 amide bonds. The Balaban J connectivity index is 1.32. The number of morpholine rings is 1. The van der Waals surface area contributed by atoms with Crippen LogP contribution in [0.5, 0.6) is 0 Å². The van der Waals surface area contributed by atoms with Gasteiger partial charge < -0.3 is 24.4 Å². The van der Waals surface area contributed by atoms with Gasteiger partial charge in [0.25, 0.3) is 0 Å². The van der Waals surface area contributed by atoms with Crippen molar-refractivity contribution < 1.29 is 4.74 Å². The largest absolute Gasteiger partial charge is 0.378 e. The molecule has 146 valence electrons. The van der Waals surface area contributed by atoms with Crippen molar-refractivity contribution in [2.24, 2.45) is 0 Å². The standard InChI is InChI=1S/C19H24N8O/c1-25(16-3-6-21-19(24-16)26-8-10-28-11-9-26)14-4-7-27(12-14)18-15-2-5-20-17(15)22-13-23-18/h2-3,5-6,13-14H,4,7-12H2,1H3,(H,20,22,23). The summed E-state index contributed by atoms with van der Waals surface area (Å²) in [5.74, 6) is 2.74. The van der Waals surface area contributed by atoms with Crippen molar-refractivity contribution in [2.75, 3.05) is 61.1 Å². The van der Waals surface area contributed by atoms with Crippen LogP contribution in [0.2, 0.25) is 0 Å². The average Bonchev–Trinajstić information content (AvgIpc) is 3.43. The molecule has 0 bridgehead atoms. The van der Waals surface area contributed by atoms with Crippen LogP contribution in [0.3, 0.4) is 0 Å². The molecule has 0 saturated carbocycles. The van der Waals surface area contributed by atoms with Gasteiger partial charge in [0, 0.05) is 51.7 Å². The van der Waals surface area contributed by atoms with Crippen LogP contribution in [-0.2, 0) is 4.74 Å². The molecule has 1 unspecified atom stereocenters. The second kappa shape index (κ2) is 7.23. The van der Waals surface area contributed by atoms with E-state index in [0.29, 0.717) is 6.04 Å². The van der Waals surface area contributed by atoms with Crippen LogP contribution in [0.25, 0.3) is 11.0 Å². The monoisotopic (exact) mass is 380 g/mol. The molecule has 5 rings (SSSR count). The summed E-state index contributed by atoms with van der Waals surface area (Å²) in [5.41, 5.74) is 0.882. The third-order valence-electron chi connectivity index (χ3n) is 5.63. The SMILES string of the molecule is CN(c1ccnc(N2CCOCC2)n1)C1CCN(c2ncnc3[nH]ccc23)C1. The van der Waals surface area contributed by atoms with Gasteiger partial charge in [0.2, 0.25) is 5.95 Å². The first kappa shape index (κ1) is 17.2.